The molecule has 0 aliphatic carbocycles. The third-order valence-electron chi connectivity index (χ3n) is 6.14. The summed E-state index contributed by atoms with van der Waals surface area (Å²) in [4.78, 5) is 40.5. The van der Waals surface area contributed by atoms with Gasteiger partial charge in [0.1, 0.15) is 10.9 Å². The summed E-state index contributed by atoms with van der Waals surface area (Å²) < 4.78 is 26.5. The Hall–Kier alpha value is -3.20. The van der Waals surface area contributed by atoms with Gasteiger partial charge in [0.25, 0.3) is 15.9 Å². The second kappa shape index (κ2) is 12.0. The van der Waals surface area contributed by atoms with Crippen molar-refractivity contribution < 1.29 is 22.8 Å². The van der Waals surface area contributed by atoms with E-state index < -0.39 is 22.0 Å². The Morgan fingerprint density at radius 2 is 1.71 bits per heavy atom. The normalized spacial score (nSPS) is 14.9. The SMILES string of the molecule is CCCCNC(=O)[C@@H](CC)N(CCc1ccccc1)C(=O)CCN1C(=O)c2ccccc2S1(=O)=O. The maximum absolute atomic E-state index is 13.4. The molecule has 1 atom stereocenters. The average Bonchev–Trinajstić information content (AvgIpc) is 3.05. The first-order chi connectivity index (χ1) is 16.8. The Balaban J connectivity index is 1.75. The lowest BCUT2D eigenvalue weighted by Crippen LogP contribution is -2.51. The summed E-state index contributed by atoms with van der Waals surface area (Å²) in [6.45, 7) is 4.45. The van der Waals surface area contributed by atoms with Gasteiger partial charge in [0.2, 0.25) is 11.8 Å². The molecule has 0 saturated carbocycles. The predicted octanol–water partition coefficient (Wildman–Crippen LogP) is 2.99. The maximum Gasteiger partial charge on any atom is 0.269 e. The molecule has 1 N–H and O–H groups in total. The standard InChI is InChI=1S/C26H33N3O5S/c1-3-5-17-27-25(31)22(4-2)28(18-15-20-11-7-6-8-12-20)24(30)16-19-29-26(32)21-13-9-10-14-23(21)35(29,33)34/h6-14,22H,3-5,15-19H2,1-2H3,(H,27,31)/t22-/m1/s1. The Morgan fingerprint density at radius 3 is 2.37 bits per heavy atom. The molecule has 0 bridgehead atoms. The van der Waals surface area contributed by atoms with Gasteiger partial charge in [0.15, 0.2) is 0 Å². The number of nitrogens with one attached hydrogen (secondary N) is 1. The van der Waals surface area contributed by atoms with Crippen LogP contribution in [0.15, 0.2) is 59.5 Å². The van der Waals surface area contributed by atoms with Crippen LogP contribution < -0.4 is 5.32 Å². The highest BCUT2D eigenvalue weighted by Crippen LogP contribution is 2.30. The Kier molecular flexibility index (Phi) is 9.03. The number of hydrogen-bond acceptors (Lipinski definition) is 5. The number of unbranched alkanes of at least 4 members (excludes halogenated alkanes) is 1. The number of nitrogens with zero attached hydrogens (tertiary/aromatic N) is 2. The molecule has 1 aliphatic heterocycles. The molecule has 35 heavy (non-hydrogen) atoms. The predicted molar refractivity (Wildman–Crippen MR) is 133 cm³/mol. The third-order valence-corrected chi connectivity index (χ3v) is 7.98. The quantitative estimate of drug-likeness (QED) is 0.452. The number of benzene rings is 2. The van der Waals surface area contributed by atoms with Crippen molar-refractivity contribution in [3.63, 3.8) is 0 Å². The van der Waals surface area contributed by atoms with Crippen LogP contribution in [-0.2, 0) is 26.0 Å². The van der Waals surface area contributed by atoms with Crippen molar-refractivity contribution in [1.82, 2.24) is 14.5 Å². The highest BCUT2D eigenvalue weighted by molar-refractivity contribution is 7.90. The molecule has 188 valence electrons. The average molecular weight is 500 g/mol. The molecule has 0 spiro atoms. The fourth-order valence-corrected chi connectivity index (χ4v) is 5.76. The second-order valence-corrected chi connectivity index (χ2v) is 10.4. The van der Waals surface area contributed by atoms with Gasteiger partial charge in [-0.05, 0) is 37.0 Å². The van der Waals surface area contributed by atoms with E-state index in [0.29, 0.717) is 25.9 Å². The minimum atomic E-state index is -4.00. The van der Waals surface area contributed by atoms with Gasteiger partial charge in [-0.3, -0.25) is 14.4 Å². The van der Waals surface area contributed by atoms with Gasteiger partial charge in [-0.25, -0.2) is 12.7 Å². The minimum absolute atomic E-state index is 0.0416. The fourth-order valence-electron chi connectivity index (χ4n) is 4.20. The van der Waals surface area contributed by atoms with Crippen LogP contribution in [0.3, 0.4) is 0 Å². The molecule has 2 aromatic carbocycles. The number of fused-ring (bicyclic) bond motifs is 1. The van der Waals surface area contributed by atoms with Gasteiger partial charge in [-0.2, -0.15) is 0 Å². The summed E-state index contributed by atoms with van der Waals surface area (Å²) in [5.74, 6) is -1.22. The summed E-state index contributed by atoms with van der Waals surface area (Å²) in [6, 6.07) is 15.0. The summed E-state index contributed by atoms with van der Waals surface area (Å²) in [5.41, 5.74) is 1.14. The van der Waals surface area contributed by atoms with Crippen molar-refractivity contribution >= 4 is 27.7 Å². The van der Waals surface area contributed by atoms with Crippen LogP contribution in [-0.4, -0.2) is 61.0 Å². The fraction of sp³-hybridized carbons (Fsp3) is 0.423. The molecule has 2 aromatic rings. The van der Waals surface area contributed by atoms with E-state index in [9.17, 15) is 22.8 Å². The van der Waals surface area contributed by atoms with Crippen molar-refractivity contribution in [2.45, 2.75) is 56.9 Å². The van der Waals surface area contributed by atoms with E-state index >= 15 is 0 Å². The molecule has 0 aromatic heterocycles. The minimum Gasteiger partial charge on any atom is -0.354 e. The molecule has 0 saturated heterocycles. The van der Waals surface area contributed by atoms with Gasteiger partial charge in [0, 0.05) is 26.1 Å². The molecule has 0 fully saturated rings. The van der Waals surface area contributed by atoms with Gasteiger partial charge in [-0.1, -0.05) is 62.7 Å². The van der Waals surface area contributed by atoms with Crippen LogP contribution in [0.25, 0.3) is 0 Å². The van der Waals surface area contributed by atoms with Gasteiger partial charge in [-0.15, -0.1) is 0 Å². The molecule has 1 heterocycles. The topological polar surface area (TPSA) is 104 Å². The molecule has 8 nitrogen and oxygen atoms in total. The second-order valence-electron chi connectivity index (χ2n) is 8.52. The molecule has 1 aliphatic rings. The van der Waals surface area contributed by atoms with Crippen LogP contribution in [0, 0.1) is 0 Å². The zero-order valence-corrected chi connectivity index (χ0v) is 21.1. The molecular weight excluding hydrogens is 466 g/mol. The lowest BCUT2D eigenvalue weighted by Gasteiger charge is -2.31. The number of sulfonamides is 1. The number of carbonyl (C=O) groups is 3. The number of amides is 3. The van der Waals surface area contributed by atoms with E-state index in [1.165, 1.54) is 17.0 Å². The number of rotatable bonds is 12. The van der Waals surface area contributed by atoms with Crippen molar-refractivity contribution in [2.75, 3.05) is 19.6 Å². The van der Waals surface area contributed by atoms with Crippen LogP contribution in [0.2, 0.25) is 0 Å². The van der Waals surface area contributed by atoms with Crippen LogP contribution in [0.4, 0.5) is 0 Å². The van der Waals surface area contributed by atoms with Crippen molar-refractivity contribution in [1.29, 1.82) is 0 Å². The zero-order valence-electron chi connectivity index (χ0n) is 20.3. The van der Waals surface area contributed by atoms with Crippen molar-refractivity contribution in [3.05, 3.63) is 65.7 Å². The molecule has 0 unspecified atom stereocenters. The Labute approximate surface area is 207 Å². The first-order valence-corrected chi connectivity index (χ1v) is 13.5. The first kappa shape index (κ1) is 26.4. The molecule has 9 heteroatoms. The smallest absolute Gasteiger partial charge is 0.269 e. The number of hydrogen-bond donors (Lipinski definition) is 1. The van der Waals surface area contributed by atoms with E-state index in [1.54, 1.807) is 12.1 Å². The van der Waals surface area contributed by atoms with Gasteiger partial charge in [0.05, 0.1) is 5.56 Å². The zero-order chi connectivity index (χ0) is 25.4. The summed E-state index contributed by atoms with van der Waals surface area (Å²) in [6.07, 6.45) is 2.55. The summed E-state index contributed by atoms with van der Waals surface area (Å²) >= 11 is 0. The lowest BCUT2D eigenvalue weighted by atomic mass is 10.1. The van der Waals surface area contributed by atoms with Crippen molar-refractivity contribution in [2.24, 2.45) is 0 Å². The van der Waals surface area contributed by atoms with Gasteiger partial charge < -0.3 is 10.2 Å². The summed E-state index contributed by atoms with van der Waals surface area (Å²) in [5, 5.41) is 2.90. The third kappa shape index (κ3) is 6.08. The van der Waals surface area contributed by atoms with E-state index in [2.05, 4.69) is 5.32 Å². The van der Waals surface area contributed by atoms with Crippen LogP contribution >= 0.6 is 0 Å². The Morgan fingerprint density at radius 1 is 1.03 bits per heavy atom. The summed E-state index contributed by atoms with van der Waals surface area (Å²) in [7, 11) is -4.00. The highest BCUT2D eigenvalue weighted by Gasteiger charge is 2.41. The first-order valence-electron chi connectivity index (χ1n) is 12.1. The molecular formula is C26H33N3O5S. The molecule has 0 radical (unpaired) electrons. The van der Waals surface area contributed by atoms with Crippen LogP contribution in [0.5, 0.6) is 0 Å². The largest absolute Gasteiger partial charge is 0.354 e. The van der Waals surface area contributed by atoms with Gasteiger partial charge >= 0.3 is 0 Å². The molecule has 3 rings (SSSR count). The monoisotopic (exact) mass is 499 g/mol. The molecule has 3 amide bonds. The maximum atomic E-state index is 13.4. The van der Waals surface area contributed by atoms with E-state index in [1.807, 2.05) is 44.2 Å². The van der Waals surface area contributed by atoms with E-state index in [-0.39, 0.29) is 35.2 Å². The van der Waals surface area contributed by atoms with Crippen molar-refractivity contribution in [3.8, 4) is 0 Å². The lowest BCUT2D eigenvalue weighted by molar-refractivity contribution is -0.140. The van der Waals surface area contributed by atoms with E-state index in [0.717, 1.165) is 22.7 Å². The van der Waals surface area contributed by atoms with Crippen LogP contribution in [0.1, 0.15) is 55.5 Å². The highest BCUT2D eigenvalue weighted by atomic mass is 32.2. The Bertz CT molecular complexity index is 1150. The number of carbonyl (C=O) groups excluding carboxylic acids is 3. The van der Waals surface area contributed by atoms with E-state index in [4.69, 9.17) is 0 Å².